The average molecular weight is 634 g/mol. The van der Waals surface area contributed by atoms with Crippen molar-refractivity contribution in [2.24, 2.45) is 0 Å². The number of hydrogen-bond donors (Lipinski definition) is 0. The molecular formula is C45H31NOS. The molecule has 2 heterocycles. The van der Waals surface area contributed by atoms with E-state index in [0.29, 0.717) is 0 Å². The van der Waals surface area contributed by atoms with Crippen molar-refractivity contribution in [2.75, 3.05) is 4.90 Å². The third-order valence-corrected chi connectivity index (χ3v) is 11.5. The molecule has 48 heavy (non-hydrogen) atoms. The second kappa shape index (κ2) is 10.2. The minimum absolute atomic E-state index is 0.0789. The van der Waals surface area contributed by atoms with Gasteiger partial charge in [0.15, 0.2) is 0 Å². The van der Waals surface area contributed by atoms with Crippen LogP contribution in [-0.4, -0.2) is 0 Å². The number of hydrogen-bond acceptors (Lipinski definition) is 3. The van der Waals surface area contributed by atoms with Gasteiger partial charge in [-0.2, -0.15) is 0 Å². The van der Waals surface area contributed by atoms with Crippen molar-refractivity contribution in [1.29, 1.82) is 0 Å². The standard InChI is InChI=1S/C45H31NOS/c1-45(2)38-25-23-31(27-37(38)42-39(45)26-24-36-34-14-7-9-18-41(34)48-44(36)42)46(29-11-4-3-5-12-29)30-21-19-28(20-22-30)32-15-10-16-35-33-13-6-8-17-40(33)47-43(32)35/h3-27H,1-2H3. The highest BCUT2D eigenvalue weighted by atomic mass is 32.1. The first-order valence-electron chi connectivity index (χ1n) is 16.5. The van der Waals surface area contributed by atoms with Crippen molar-refractivity contribution in [3.63, 3.8) is 0 Å². The molecular weight excluding hydrogens is 603 g/mol. The van der Waals surface area contributed by atoms with Gasteiger partial charge in [0.25, 0.3) is 0 Å². The summed E-state index contributed by atoms with van der Waals surface area (Å²) in [5, 5.41) is 4.98. The van der Waals surface area contributed by atoms with E-state index in [1.807, 2.05) is 23.5 Å². The number of anilines is 3. The molecule has 0 saturated carbocycles. The molecule has 9 aromatic rings. The van der Waals surface area contributed by atoms with Gasteiger partial charge in [-0.3, -0.25) is 0 Å². The van der Waals surface area contributed by atoms with Gasteiger partial charge in [0.2, 0.25) is 0 Å². The maximum atomic E-state index is 6.38. The Morgan fingerprint density at radius 1 is 0.521 bits per heavy atom. The summed E-state index contributed by atoms with van der Waals surface area (Å²) in [6.07, 6.45) is 0. The van der Waals surface area contributed by atoms with Crippen LogP contribution in [0.25, 0.3) is 64.4 Å². The van der Waals surface area contributed by atoms with Crippen LogP contribution in [0.5, 0.6) is 0 Å². The number of furan rings is 1. The third-order valence-electron chi connectivity index (χ3n) is 10.3. The van der Waals surface area contributed by atoms with Crippen molar-refractivity contribution in [3.8, 4) is 22.3 Å². The van der Waals surface area contributed by atoms with Crippen molar-refractivity contribution in [1.82, 2.24) is 0 Å². The highest BCUT2D eigenvalue weighted by Crippen LogP contribution is 2.55. The summed E-state index contributed by atoms with van der Waals surface area (Å²) in [5.74, 6) is 0. The van der Waals surface area contributed by atoms with Gasteiger partial charge in [0, 0.05) is 64.5 Å². The summed E-state index contributed by atoms with van der Waals surface area (Å²) in [4.78, 5) is 2.38. The average Bonchev–Trinajstić information content (AvgIpc) is 3.77. The number of nitrogens with zero attached hydrogens (tertiary/aromatic N) is 1. The van der Waals surface area contributed by atoms with E-state index >= 15 is 0 Å². The minimum Gasteiger partial charge on any atom is -0.455 e. The van der Waals surface area contributed by atoms with E-state index in [9.17, 15) is 0 Å². The number of para-hydroxylation sites is 3. The molecule has 228 valence electrons. The molecule has 0 radical (unpaired) electrons. The first kappa shape index (κ1) is 27.5. The summed E-state index contributed by atoms with van der Waals surface area (Å²) >= 11 is 1.92. The maximum Gasteiger partial charge on any atom is 0.143 e. The van der Waals surface area contributed by atoms with Gasteiger partial charge < -0.3 is 9.32 Å². The van der Waals surface area contributed by atoms with Gasteiger partial charge in [-0.1, -0.05) is 117 Å². The Bertz CT molecular complexity index is 2700. The molecule has 0 unspecified atom stereocenters. The number of benzene rings is 7. The minimum atomic E-state index is -0.0789. The molecule has 1 aliphatic carbocycles. The Labute approximate surface area is 283 Å². The largest absolute Gasteiger partial charge is 0.455 e. The smallest absolute Gasteiger partial charge is 0.143 e. The fourth-order valence-corrected chi connectivity index (χ4v) is 9.20. The molecule has 10 rings (SSSR count). The molecule has 0 saturated heterocycles. The Hall–Kier alpha value is -5.64. The molecule has 0 atom stereocenters. The fraction of sp³-hybridized carbons (Fsp3) is 0.0667. The quantitative estimate of drug-likeness (QED) is 0.192. The van der Waals surface area contributed by atoms with Gasteiger partial charge in [-0.15, -0.1) is 11.3 Å². The van der Waals surface area contributed by atoms with E-state index in [4.69, 9.17) is 4.42 Å². The molecule has 0 N–H and O–H groups in total. The maximum absolute atomic E-state index is 6.38. The van der Waals surface area contributed by atoms with Gasteiger partial charge in [-0.25, -0.2) is 0 Å². The summed E-state index contributed by atoms with van der Waals surface area (Å²) in [6.45, 7) is 4.74. The molecule has 1 aliphatic rings. The van der Waals surface area contributed by atoms with Gasteiger partial charge in [-0.05, 0) is 70.8 Å². The topological polar surface area (TPSA) is 16.4 Å². The van der Waals surface area contributed by atoms with Gasteiger partial charge in [0.1, 0.15) is 11.2 Å². The van der Waals surface area contributed by atoms with Gasteiger partial charge in [0.05, 0.1) is 0 Å². The summed E-state index contributed by atoms with van der Waals surface area (Å²) in [6, 6.07) is 54.9. The zero-order chi connectivity index (χ0) is 32.0. The monoisotopic (exact) mass is 633 g/mol. The molecule has 0 fully saturated rings. The van der Waals surface area contributed by atoms with Gasteiger partial charge >= 0.3 is 0 Å². The van der Waals surface area contributed by atoms with Crippen LogP contribution in [0, 0.1) is 0 Å². The van der Waals surface area contributed by atoms with E-state index in [2.05, 4.69) is 158 Å². The Balaban J connectivity index is 1.13. The number of fused-ring (bicyclic) bond motifs is 10. The summed E-state index contributed by atoms with van der Waals surface area (Å²) < 4.78 is 9.11. The molecule has 0 bridgehead atoms. The molecule has 3 heteroatoms. The zero-order valence-corrected chi connectivity index (χ0v) is 27.5. The second-order valence-corrected chi connectivity index (χ2v) is 14.4. The summed E-state index contributed by atoms with van der Waals surface area (Å²) in [7, 11) is 0. The van der Waals surface area contributed by atoms with Crippen molar-refractivity contribution in [2.45, 2.75) is 19.3 Å². The highest BCUT2D eigenvalue weighted by Gasteiger charge is 2.37. The van der Waals surface area contributed by atoms with Crippen LogP contribution in [-0.2, 0) is 5.41 Å². The van der Waals surface area contributed by atoms with Crippen LogP contribution in [0.1, 0.15) is 25.0 Å². The lowest BCUT2D eigenvalue weighted by molar-refractivity contribution is 0.661. The molecule has 0 aliphatic heterocycles. The van der Waals surface area contributed by atoms with Crippen LogP contribution >= 0.6 is 11.3 Å². The third kappa shape index (κ3) is 3.92. The Morgan fingerprint density at radius 2 is 1.21 bits per heavy atom. The Morgan fingerprint density at radius 3 is 2.06 bits per heavy atom. The van der Waals surface area contributed by atoms with Crippen LogP contribution < -0.4 is 4.90 Å². The van der Waals surface area contributed by atoms with Crippen LogP contribution in [0.3, 0.4) is 0 Å². The highest BCUT2D eigenvalue weighted by molar-refractivity contribution is 7.26. The van der Waals surface area contributed by atoms with E-state index < -0.39 is 0 Å². The van der Waals surface area contributed by atoms with Crippen LogP contribution in [0.4, 0.5) is 17.1 Å². The van der Waals surface area contributed by atoms with Crippen molar-refractivity contribution >= 4 is 70.5 Å². The SMILES string of the molecule is CC1(C)c2ccc(N(c3ccccc3)c3ccc(-c4cccc5c4oc4ccccc45)cc3)cc2-c2c1ccc1c2sc2ccccc21. The van der Waals surface area contributed by atoms with Crippen molar-refractivity contribution in [3.05, 3.63) is 163 Å². The lowest BCUT2D eigenvalue weighted by Crippen LogP contribution is -2.15. The molecule has 2 aromatic heterocycles. The van der Waals surface area contributed by atoms with E-state index in [1.165, 1.54) is 42.4 Å². The predicted molar refractivity (Wildman–Crippen MR) is 204 cm³/mol. The normalized spacial score (nSPS) is 13.4. The molecule has 2 nitrogen and oxygen atoms in total. The molecule has 0 spiro atoms. The second-order valence-electron chi connectivity index (χ2n) is 13.3. The molecule has 7 aromatic carbocycles. The predicted octanol–water partition coefficient (Wildman–Crippen LogP) is 13.4. The Kier molecular flexibility index (Phi) is 5.82. The fourth-order valence-electron chi connectivity index (χ4n) is 7.93. The van der Waals surface area contributed by atoms with E-state index in [1.54, 1.807) is 0 Å². The first-order valence-corrected chi connectivity index (χ1v) is 17.3. The lowest BCUT2D eigenvalue weighted by atomic mass is 9.82. The lowest BCUT2D eigenvalue weighted by Gasteiger charge is -2.27. The van der Waals surface area contributed by atoms with E-state index in [-0.39, 0.29) is 5.41 Å². The number of rotatable bonds is 4. The first-order chi connectivity index (χ1) is 23.6. The molecule has 0 amide bonds. The van der Waals surface area contributed by atoms with Crippen LogP contribution in [0.2, 0.25) is 0 Å². The summed E-state index contributed by atoms with van der Waals surface area (Å²) in [5.41, 5.74) is 12.9. The van der Waals surface area contributed by atoms with Crippen LogP contribution in [0.15, 0.2) is 156 Å². The van der Waals surface area contributed by atoms with E-state index in [0.717, 1.165) is 50.1 Å². The van der Waals surface area contributed by atoms with Crippen molar-refractivity contribution < 1.29 is 4.42 Å². The number of thiophene rings is 1. The zero-order valence-electron chi connectivity index (χ0n) is 26.7.